The zero-order chi connectivity index (χ0) is 13.8. The molecule has 3 unspecified atom stereocenters. The normalized spacial score (nSPS) is 24.7. The van der Waals surface area contributed by atoms with Crippen molar-refractivity contribution in [2.45, 2.75) is 43.9 Å². The van der Waals surface area contributed by atoms with Gasteiger partial charge in [-0.25, -0.2) is 9.97 Å². The molecule has 0 bridgehead atoms. The Kier molecular flexibility index (Phi) is 4.63. The molecule has 1 heterocycles. The number of rotatable bonds is 3. The van der Waals surface area contributed by atoms with Crippen molar-refractivity contribution in [3.63, 3.8) is 0 Å². The molecule has 1 amide bonds. The molecule has 6 heteroatoms. The number of nitrogens with zero attached hydrogens (tertiary/aromatic N) is 2. The molecule has 1 saturated carbocycles. The van der Waals surface area contributed by atoms with Crippen LogP contribution in [0.1, 0.15) is 42.0 Å². The lowest BCUT2D eigenvalue weighted by molar-refractivity contribution is 0.0922. The number of carbonyl (C=O) groups excluding carboxylic acids is 1. The summed E-state index contributed by atoms with van der Waals surface area (Å²) in [7, 11) is -0.813. The van der Waals surface area contributed by atoms with Crippen LogP contribution in [0.2, 0.25) is 0 Å². The lowest BCUT2D eigenvalue weighted by Crippen LogP contribution is -2.41. The summed E-state index contributed by atoms with van der Waals surface area (Å²) in [4.78, 5) is 20.1. The van der Waals surface area contributed by atoms with Gasteiger partial charge in [-0.05, 0) is 32.3 Å². The molecule has 1 aromatic rings. The zero-order valence-electron chi connectivity index (χ0n) is 11.3. The Labute approximate surface area is 115 Å². The van der Waals surface area contributed by atoms with Gasteiger partial charge in [0, 0.05) is 34.5 Å². The van der Waals surface area contributed by atoms with E-state index in [0.29, 0.717) is 11.5 Å². The minimum atomic E-state index is -0.813. The molecular formula is C13H19N3O2S. The fraction of sp³-hybridized carbons (Fsp3) is 0.615. The van der Waals surface area contributed by atoms with Crippen LogP contribution in [0, 0.1) is 6.92 Å². The highest BCUT2D eigenvalue weighted by Crippen LogP contribution is 2.22. The van der Waals surface area contributed by atoms with Gasteiger partial charge in [-0.15, -0.1) is 0 Å². The highest BCUT2D eigenvalue weighted by Gasteiger charge is 2.25. The second-order valence-electron chi connectivity index (χ2n) is 4.95. The van der Waals surface area contributed by atoms with Gasteiger partial charge in [0.15, 0.2) is 0 Å². The van der Waals surface area contributed by atoms with Gasteiger partial charge in [-0.1, -0.05) is 6.42 Å². The van der Waals surface area contributed by atoms with Gasteiger partial charge in [-0.3, -0.25) is 9.00 Å². The van der Waals surface area contributed by atoms with Crippen LogP contribution in [-0.2, 0) is 10.8 Å². The quantitative estimate of drug-likeness (QED) is 0.903. The molecule has 0 radical (unpaired) electrons. The van der Waals surface area contributed by atoms with E-state index in [1.165, 1.54) is 0 Å². The first kappa shape index (κ1) is 14.1. The molecule has 104 valence electrons. The zero-order valence-corrected chi connectivity index (χ0v) is 12.1. The third-order valence-electron chi connectivity index (χ3n) is 3.44. The Hall–Kier alpha value is -1.30. The van der Waals surface area contributed by atoms with Gasteiger partial charge in [0.05, 0.1) is 0 Å². The first-order valence-electron chi connectivity index (χ1n) is 6.49. The summed E-state index contributed by atoms with van der Waals surface area (Å²) in [5, 5.41) is 3.18. The van der Waals surface area contributed by atoms with E-state index in [0.717, 1.165) is 25.7 Å². The van der Waals surface area contributed by atoms with Crippen LogP contribution < -0.4 is 5.32 Å². The summed E-state index contributed by atoms with van der Waals surface area (Å²) in [6.07, 6.45) is 7.06. The first-order chi connectivity index (χ1) is 9.06. The Morgan fingerprint density at radius 2 is 2.26 bits per heavy atom. The molecule has 3 atom stereocenters. The van der Waals surface area contributed by atoms with Crippen molar-refractivity contribution in [2.75, 3.05) is 6.26 Å². The van der Waals surface area contributed by atoms with Gasteiger partial charge in [0.2, 0.25) is 0 Å². The van der Waals surface area contributed by atoms with Crippen LogP contribution in [0.25, 0.3) is 0 Å². The van der Waals surface area contributed by atoms with Crippen LogP contribution in [0.4, 0.5) is 0 Å². The maximum absolute atomic E-state index is 12.1. The maximum Gasteiger partial charge on any atom is 0.270 e. The number of hydrogen-bond donors (Lipinski definition) is 1. The number of hydrogen-bond acceptors (Lipinski definition) is 4. The number of aryl methyl sites for hydroxylation is 1. The van der Waals surface area contributed by atoms with Crippen LogP contribution in [0.3, 0.4) is 0 Å². The van der Waals surface area contributed by atoms with Crippen molar-refractivity contribution in [3.05, 3.63) is 23.8 Å². The molecule has 1 aliphatic rings. The van der Waals surface area contributed by atoms with E-state index in [1.54, 1.807) is 25.4 Å². The monoisotopic (exact) mass is 281 g/mol. The molecule has 0 saturated heterocycles. The summed E-state index contributed by atoms with van der Waals surface area (Å²) < 4.78 is 11.5. The molecular weight excluding hydrogens is 262 g/mol. The highest BCUT2D eigenvalue weighted by molar-refractivity contribution is 7.84. The summed E-state index contributed by atoms with van der Waals surface area (Å²) in [5.74, 6) is 0.418. The summed E-state index contributed by atoms with van der Waals surface area (Å²) in [5.41, 5.74) is 0.396. The predicted octanol–water partition coefficient (Wildman–Crippen LogP) is 1.20. The second kappa shape index (κ2) is 6.23. The topological polar surface area (TPSA) is 72.0 Å². The first-order valence-corrected chi connectivity index (χ1v) is 8.11. The summed E-state index contributed by atoms with van der Waals surface area (Å²) in [6.45, 7) is 1.76. The maximum atomic E-state index is 12.1. The van der Waals surface area contributed by atoms with Crippen molar-refractivity contribution in [1.82, 2.24) is 15.3 Å². The third-order valence-corrected chi connectivity index (χ3v) is 4.81. The van der Waals surface area contributed by atoms with E-state index in [9.17, 15) is 9.00 Å². The molecule has 1 N–H and O–H groups in total. The van der Waals surface area contributed by atoms with Crippen LogP contribution in [0.5, 0.6) is 0 Å². The van der Waals surface area contributed by atoms with Crippen LogP contribution >= 0.6 is 0 Å². The minimum Gasteiger partial charge on any atom is -0.348 e. The van der Waals surface area contributed by atoms with E-state index in [1.807, 2.05) is 0 Å². The number of amides is 1. The van der Waals surface area contributed by atoms with Gasteiger partial charge in [-0.2, -0.15) is 0 Å². The molecule has 0 spiro atoms. The van der Waals surface area contributed by atoms with Gasteiger partial charge >= 0.3 is 0 Å². The Morgan fingerprint density at radius 1 is 1.47 bits per heavy atom. The van der Waals surface area contributed by atoms with Gasteiger partial charge in [0.1, 0.15) is 11.5 Å². The molecule has 1 aromatic heterocycles. The fourth-order valence-electron chi connectivity index (χ4n) is 2.42. The lowest BCUT2D eigenvalue weighted by Gasteiger charge is -2.28. The van der Waals surface area contributed by atoms with Crippen molar-refractivity contribution in [3.8, 4) is 0 Å². The minimum absolute atomic E-state index is 0.102. The van der Waals surface area contributed by atoms with Crippen molar-refractivity contribution in [1.29, 1.82) is 0 Å². The molecule has 0 aromatic carbocycles. The summed E-state index contributed by atoms with van der Waals surface area (Å²) in [6, 6.07) is 1.71. The van der Waals surface area contributed by atoms with Crippen LogP contribution in [-0.4, -0.2) is 37.6 Å². The van der Waals surface area contributed by atoms with Gasteiger partial charge in [0.25, 0.3) is 5.91 Å². The van der Waals surface area contributed by atoms with E-state index in [2.05, 4.69) is 15.3 Å². The molecule has 0 aliphatic heterocycles. The average molecular weight is 281 g/mol. The van der Waals surface area contributed by atoms with Crippen molar-refractivity contribution < 1.29 is 9.00 Å². The SMILES string of the molecule is Cc1nccc(C(=O)NC2CCCC(S(C)=O)C2)n1. The number of nitrogens with one attached hydrogen (secondary N) is 1. The van der Waals surface area contributed by atoms with E-state index in [-0.39, 0.29) is 17.2 Å². The smallest absolute Gasteiger partial charge is 0.270 e. The Balaban J connectivity index is 1.97. The Morgan fingerprint density at radius 3 is 2.95 bits per heavy atom. The van der Waals surface area contributed by atoms with E-state index >= 15 is 0 Å². The third kappa shape index (κ3) is 3.83. The molecule has 1 aliphatic carbocycles. The number of aromatic nitrogens is 2. The van der Waals surface area contributed by atoms with Crippen LogP contribution in [0.15, 0.2) is 12.3 Å². The average Bonchev–Trinajstić information content (AvgIpc) is 2.39. The molecule has 2 rings (SSSR count). The fourth-order valence-corrected chi connectivity index (χ4v) is 3.42. The lowest BCUT2D eigenvalue weighted by atomic mass is 9.95. The summed E-state index contributed by atoms with van der Waals surface area (Å²) >= 11 is 0. The molecule has 1 fully saturated rings. The predicted molar refractivity (Wildman–Crippen MR) is 74.3 cm³/mol. The highest BCUT2D eigenvalue weighted by atomic mass is 32.2. The van der Waals surface area contributed by atoms with E-state index in [4.69, 9.17) is 0 Å². The van der Waals surface area contributed by atoms with Crippen molar-refractivity contribution >= 4 is 16.7 Å². The standard InChI is InChI=1S/C13H19N3O2S/c1-9-14-7-6-12(15-9)13(17)16-10-4-3-5-11(8-10)19(2)18/h6-7,10-11H,3-5,8H2,1-2H3,(H,16,17). The van der Waals surface area contributed by atoms with Crippen molar-refractivity contribution in [2.24, 2.45) is 0 Å². The second-order valence-corrected chi connectivity index (χ2v) is 6.61. The van der Waals surface area contributed by atoms with E-state index < -0.39 is 10.8 Å². The molecule has 19 heavy (non-hydrogen) atoms. The largest absolute Gasteiger partial charge is 0.348 e. The Bertz CT molecular complexity index is 493. The number of carbonyl (C=O) groups is 1. The van der Waals surface area contributed by atoms with Gasteiger partial charge < -0.3 is 5.32 Å². The molecule has 5 nitrogen and oxygen atoms in total.